The summed E-state index contributed by atoms with van der Waals surface area (Å²) in [7, 11) is -0.720. The largest absolute Gasteiger partial charge is 0.743 e. The Morgan fingerprint density at radius 3 is 2.47 bits per heavy atom. The van der Waals surface area contributed by atoms with Gasteiger partial charge in [-0.15, -0.1) is 0 Å². The Kier molecular flexibility index (Phi) is 4.08. The van der Waals surface area contributed by atoms with Gasteiger partial charge in [-0.25, -0.2) is 4.79 Å². The molecule has 0 aliphatic heterocycles. The standard InChI is InChI=1S/C8H8BFO5/c1-13-8(11)6-2-4-7(5-3-6)14-9(12)15-10/h2-5,12H,1H3. The Bertz CT molecular complexity index is 328. The molecule has 0 aliphatic carbocycles. The maximum absolute atomic E-state index is 11.4. The van der Waals surface area contributed by atoms with Crippen molar-refractivity contribution in [1.82, 2.24) is 0 Å². The number of methoxy groups -OCH3 is 1. The molecular weight excluding hydrogens is 206 g/mol. The minimum Gasteiger partial charge on any atom is -0.510 e. The molecule has 0 heterocycles. The first-order valence-electron chi connectivity index (χ1n) is 3.98. The van der Waals surface area contributed by atoms with Crippen LogP contribution in [-0.2, 0) is 9.60 Å². The number of halogens is 1. The second-order valence-corrected chi connectivity index (χ2v) is 2.53. The summed E-state index contributed by atoms with van der Waals surface area (Å²) in [5.41, 5.74) is 0.320. The summed E-state index contributed by atoms with van der Waals surface area (Å²) < 4.78 is 20.4. The van der Waals surface area contributed by atoms with E-state index < -0.39 is 13.3 Å². The molecule has 15 heavy (non-hydrogen) atoms. The summed E-state index contributed by atoms with van der Waals surface area (Å²) in [5.74, 6) is -0.336. The van der Waals surface area contributed by atoms with Gasteiger partial charge in [0.25, 0.3) is 0 Å². The van der Waals surface area contributed by atoms with Crippen LogP contribution in [0.15, 0.2) is 24.3 Å². The van der Waals surface area contributed by atoms with Crippen LogP contribution in [-0.4, -0.2) is 25.4 Å². The summed E-state index contributed by atoms with van der Waals surface area (Å²) in [4.78, 5) is 14.0. The van der Waals surface area contributed by atoms with E-state index in [1.165, 1.54) is 31.4 Å². The average molecular weight is 214 g/mol. The van der Waals surface area contributed by atoms with Gasteiger partial charge in [-0.05, 0) is 24.3 Å². The van der Waals surface area contributed by atoms with Gasteiger partial charge in [-0.3, -0.25) is 0 Å². The van der Waals surface area contributed by atoms with Crippen LogP contribution in [0.25, 0.3) is 0 Å². The van der Waals surface area contributed by atoms with E-state index >= 15 is 0 Å². The van der Waals surface area contributed by atoms with Crippen molar-refractivity contribution in [1.29, 1.82) is 0 Å². The lowest BCUT2D eigenvalue weighted by Crippen LogP contribution is -2.22. The van der Waals surface area contributed by atoms with E-state index in [4.69, 9.17) is 5.02 Å². The quantitative estimate of drug-likeness (QED) is 0.591. The highest BCUT2D eigenvalue weighted by molar-refractivity contribution is 6.35. The number of benzene rings is 1. The number of esters is 1. The van der Waals surface area contributed by atoms with Crippen molar-refractivity contribution in [2.75, 3.05) is 7.11 Å². The van der Waals surface area contributed by atoms with E-state index in [0.717, 1.165) is 0 Å². The van der Waals surface area contributed by atoms with Gasteiger partial charge < -0.3 is 14.4 Å². The van der Waals surface area contributed by atoms with Crippen LogP contribution in [0.1, 0.15) is 10.4 Å². The average Bonchev–Trinajstić information content (AvgIpc) is 2.29. The lowest BCUT2D eigenvalue weighted by molar-refractivity contribution is -0.0527. The van der Waals surface area contributed by atoms with Crippen molar-refractivity contribution in [3.63, 3.8) is 0 Å². The molecule has 0 unspecified atom stereocenters. The number of carbonyl (C=O) groups excluding carboxylic acids is 1. The molecule has 0 radical (unpaired) electrons. The smallest absolute Gasteiger partial charge is 0.510 e. The van der Waals surface area contributed by atoms with Gasteiger partial charge in [0.15, 0.2) is 0 Å². The topological polar surface area (TPSA) is 65.0 Å². The van der Waals surface area contributed by atoms with E-state index in [2.05, 4.69) is 14.3 Å². The number of hydrogen-bond acceptors (Lipinski definition) is 5. The third-order valence-corrected chi connectivity index (χ3v) is 1.59. The van der Waals surface area contributed by atoms with Crippen molar-refractivity contribution in [3.05, 3.63) is 29.8 Å². The minimum absolute atomic E-state index is 0.160. The van der Waals surface area contributed by atoms with Gasteiger partial charge >= 0.3 is 13.3 Å². The van der Waals surface area contributed by atoms with E-state index in [1.54, 1.807) is 0 Å². The van der Waals surface area contributed by atoms with Crippen LogP contribution in [0.4, 0.5) is 4.53 Å². The summed E-state index contributed by atoms with van der Waals surface area (Å²) in [5, 5.41) is 8.62. The predicted molar refractivity (Wildman–Crippen MR) is 48.6 cm³/mol. The first kappa shape index (κ1) is 11.5. The molecule has 0 saturated heterocycles. The monoisotopic (exact) mass is 214 g/mol. The lowest BCUT2D eigenvalue weighted by atomic mass is 10.2. The van der Waals surface area contributed by atoms with E-state index in [1.807, 2.05) is 0 Å². The molecule has 80 valence electrons. The lowest BCUT2D eigenvalue weighted by Gasteiger charge is -2.05. The van der Waals surface area contributed by atoms with Crippen LogP contribution in [0.3, 0.4) is 0 Å². The zero-order valence-corrected chi connectivity index (χ0v) is 7.84. The Hall–Kier alpha value is -1.60. The highest BCUT2D eigenvalue weighted by Gasteiger charge is 2.19. The summed E-state index contributed by atoms with van der Waals surface area (Å²) in [6.07, 6.45) is 0. The number of carbonyl (C=O) groups is 1. The van der Waals surface area contributed by atoms with Crippen molar-refractivity contribution < 1.29 is 28.6 Å². The molecular formula is C8H8BFO5. The van der Waals surface area contributed by atoms with Gasteiger partial charge in [-0.2, -0.15) is 4.86 Å². The second-order valence-electron chi connectivity index (χ2n) is 2.53. The number of rotatable bonds is 4. The van der Waals surface area contributed by atoms with E-state index in [-0.39, 0.29) is 5.75 Å². The number of ether oxygens (including phenoxy) is 1. The predicted octanol–water partition coefficient (Wildman–Crippen LogP) is 0.730. The van der Waals surface area contributed by atoms with Gasteiger partial charge in [0.05, 0.1) is 12.7 Å². The molecule has 1 aromatic carbocycles. The zero-order chi connectivity index (χ0) is 11.3. The Morgan fingerprint density at radius 1 is 1.40 bits per heavy atom. The molecule has 1 aromatic rings. The van der Waals surface area contributed by atoms with E-state index in [0.29, 0.717) is 5.56 Å². The first-order valence-corrected chi connectivity index (χ1v) is 3.98. The van der Waals surface area contributed by atoms with Crippen LogP contribution in [0, 0.1) is 0 Å². The van der Waals surface area contributed by atoms with Gasteiger partial charge in [0, 0.05) is 0 Å². The molecule has 0 aliphatic rings. The fraction of sp³-hybridized carbons (Fsp3) is 0.125. The highest BCUT2D eigenvalue weighted by Crippen LogP contribution is 2.13. The SMILES string of the molecule is COC(=O)c1ccc(OB(O)OF)cc1. The Labute approximate surface area is 85.5 Å². The van der Waals surface area contributed by atoms with Crippen LogP contribution in [0.5, 0.6) is 5.75 Å². The molecule has 0 saturated carbocycles. The van der Waals surface area contributed by atoms with Crippen LogP contribution < -0.4 is 4.65 Å². The number of hydrogen-bond donors (Lipinski definition) is 1. The van der Waals surface area contributed by atoms with Crippen LogP contribution in [0.2, 0.25) is 0 Å². The second kappa shape index (κ2) is 5.33. The third kappa shape index (κ3) is 3.23. The Balaban J connectivity index is 2.68. The normalized spacial score (nSPS) is 9.53. The molecule has 0 aromatic heterocycles. The van der Waals surface area contributed by atoms with Crippen molar-refractivity contribution in [2.45, 2.75) is 0 Å². The van der Waals surface area contributed by atoms with Crippen molar-refractivity contribution >= 4 is 13.3 Å². The zero-order valence-electron chi connectivity index (χ0n) is 7.84. The maximum atomic E-state index is 11.4. The molecule has 0 spiro atoms. The summed E-state index contributed by atoms with van der Waals surface area (Å²) in [6, 6.07) is 5.56. The third-order valence-electron chi connectivity index (χ3n) is 1.59. The van der Waals surface area contributed by atoms with Gasteiger partial charge in [0.2, 0.25) is 0 Å². The van der Waals surface area contributed by atoms with Crippen molar-refractivity contribution in [3.8, 4) is 5.75 Å². The maximum Gasteiger partial charge on any atom is 0.743 e. The minimum atomic E-state index is -1.98. The Morgan fingerprint density at radius 2 is 2.00 bits per heavy atom. The molecule has 1 N–H and O–H groups in total. The fourth-order valence-corrected chi connectivity index (χ4v) is 0.922. The van der Waals surface area contributed by atoms with Crippen molar-refractivity contribution in [2.24, 2.45) is 0 Å². The molecule has 0 amide bonds. The summed E-state index contributed by atoms with van der Waals surface area (Å²) in [6.45, 7) is 0. The molecule has 0 atom stereocenters. The highest BCUT2D eigenvalue weighted by atomic mass is 19.3. The molecule has 0 bridgehead atoms. The van der Waals surface area contributed by atoms with E-state index in [9.17, 15) is 9.32 Å². The van der Waals surface area contributed by atoms with Crippen LogP contribution >= 0.6 is 0 Å². The fourth-order valence-electron chi connectivity index (χ4n) is 0.922. The summed E-state index contributed by atoms with van der Waals surface area (Å²) >= 11 is 0. The molecule has 5 nitrogen and oxygen atoms in total. The van der Waals surface area contributed by atoms with Gasteiger partial charge in [-0.1, -0.05) is 4.53 Å². The van der Waals surface area contributed by atoms with Gasteiger partial charge in [0.1, 0.15) is 5.75 Å². The first-order chi connectivity index (χ1) is 7.17. The molecule has 7 heteroatoms. The molecule has 0 fully saturated rings. The molecule has 1 rings (SSSR count).